The van der Waals surface area contributed by atoms with Gasteiger partial charge in [-0.25, -0.2) is 0 Å². The van der Waals surface area contributed by atoms with E-state index in [4.69, 9.17) is 5.73 Å². The molecule has 0 fully saturated rings. The maximum atomic E-state index is 5.65. The molecule has 0 aromatic heterocycles. The molecular formula is C8H11N. The van der Waals surface area contributed by atoms with E-state index in [-0.39, 0.29) is 6.04 Å². The molecule has 0 bridgehead atoms. The smallest absolute Gasteiger partial charge is 0.0443 e. The van der Waals surface area contributed by atoms with E-state index in [0.29, 0.717) is 0 Å². The average molecular weight is 121 g/mol. The topological polar surface area (TPSA) is 26.0 Å². The van der Waals surface area contributed by atoms with Crippen molar-refractivity contribution in [2.45, 2.75) is 12.5 Å². The van der Waals surface area contributed by atoms with Crippen LogP contribution in [0.15, 0.2) is 36.5 Å². The molecule has 1 rings (SSSR count). The third kappa shape index (κ3) is 1.30. The van der Waals surface area contributed by atoms with E-state index < -0.39 is 0 Å². The van der Waals surface area contributed by atoms with Crippen molar-refractivity contribution >= 4 is 0 Å². The van der Waals surface area contributed by atoms with Crippen LogP contribution in [0.4, 0.5) is 0 Å². The van der Waals surface area contributed by atoms with Crippen molar-refractivity contribution < 1.29 is 0 Å². The molecule has 1 nitrogen and oxygen atoms in total. The largest absolute Gasteiger partial charge is 0.321 e. The molecule has 2 N–H and O–H groups in total. The van der Waals surface area contributed by atoms with E-state index in [1.165, 1.54) is 5.57 Å². The molecule has 0 aliphatic heterocycles. The fourth-order valence-corrected chi connectivity index (χ4v) is 0.862. The van der Waals surface area contributed by atoms with Crippen molar-refractivity contribution in [3.8, 4) is 0 Å². The normalized spacial score (nSPS) is 19.4. The number of rotatable bonds is 2. The number of nitrogens with two attached hydrogens (primary N) is 1. The first kappa shape index (κ1) is 6.30. The van der Waals surface area contributed by atoms with Crippen LogP contribution in [0.1, 0.15) is 6.42 Å². The van der Waals surface area contributed by atoms with Crippen LogP contribution in [-0.2, 0) is 0 Å². The zero-order valence-corrected chi connectivity index (χ0v) is 5.38. The van der Waals surface area contributed by atoms with Crippen LogP contribution in [0, 0.1) is 0 Å². The second-order valence-electron chi connectivity index (χ2n) is 2.14. The van der Waals surface area contributed by atoms with E-state index >= 15 is 0 Å². The lowest BCUT2D eigenvalue weighted by atomic mass is 10.1. The van der Waals surface area contributed by atoms with Gasteiger partial charge in [0.2, 0.25) is 0 Å². The highest BCUT2D eigenvalue weighted by Gasteiger charge is 2.04. The first-order valence-corrected chi connectivity index (χ1v) is 3.08. The lowest BCUT2D eigenvalue weighted by molar-refractivity contribution is 0.925. The Bertz CT molecular complexity index is 165. The molecule has 1 aliphatic rings. The molecule has 0 amide bonds. The predicted octanol–water partition coefficient (Wildman–Crippen LogP) is 1.39. The summed E-state index contributed by atoms with van der Waals surface area (Å²) in [5.41, 5.74) is 6.91. The molecule has 1 heteroatoms. The first-order valence-electron chi connectivity index (χ1n) is 3.08. The summed E-state index contributed by atoms with van der Waals surface area (Å²) in [6, 6.07) is 0.0556. The van der Waals surface area contributed by atoms with E-state index in [1.807, 2.05) is 12.2 Å². The fourth-order valence-electron chi connectivity index (χ4n) is 0.862. The molecule has 1 atom stereocenters. The minimum atomic E-state index is 0.0556. The Hall–Kier alpha value is -0.820. The van der Waals surface area contributed by atoms with Crippen LogP contribution >= 0.6 is 0 Å². The molecule has 1 unspecified atom stereocenters. The Balaban J connectivity index is 2.54. The second kappa shape index (κ2) is 2.65. The van der Waals surface area contributed by atoms with E-state index in [2.05, 4.69) is 12.7 Å². The van der Waals surface area contributed by atoms with Crippen molar-refractivity contribution in [2.24, 2.45) is 5.73 Å². The van der Waals surface area contributed by atoms with E-state index in [9.17, 15) is 0 Å². The van der Waals surface area contributed by atoms with Crippen LogP contribution < -0.4 is 5.73 Å². The van der Waals surface area contributed by atoms with Crippen molar-refractivity contribution in [3.05, 3.63) is 36.5 Å². The zero-order chi connectivity index (χ0) is 6.69. The molecule has 1 aliphatic carbocycles. The number of hydrogen-bond acceptors (Lipinski definition) is 1. The van der Waals surface area contributed by atoms with Gasteiger partial charge in [-0.05, 0) is 12.0 Å². The van der Waals surface area contributed by atoms with Gasteiger partial charge in [0.25, 0.3) is 0 Å². The molecule has 0 spiro atoms. The highest BCUT2D eigenvalue weighted by molar-refractivity contribution is 5.29. The number of allylic oxidation sites excluding steroid dienone is 3. The van der Waals surface area contributed by atoms with Crippen LogP contribution in [0.25, 0.3) is 0 Å². The Morgan fingerprint density at radius 3 is 3.00 bits per heavy atom. The van der Waals surface area contributed by atoms with Crippen molar-refractivity contribution in [1.82, 2.24) is 0 Å². The molecule has 9 heavy (non-hydrogen) atoms. The van der Waals surface area contributed by atoms with Gasteiger partial charge in [0.1, 0.15) is 0 Å². The third-order valence-electron chi connectivity index (χ3n) is 1.48. The molecule has 48 valence electrons. The Labute approximate surface area is 55.6 Å². The first-order chi connectivity index (χ1) is 4.34. The Morgan fingerprint density at radius 2 is 2.56 bits per heavy atom. The average Bonchev–Trinajstić information content (AvgIpc) is 2.37. The predicted molar refractivity (Wildman–Crippen MR) is 40.0 cm³/mol. The lowest BCUT2D eigenvalue weighted by Gasteiger charge is -2.04. The van der Waals surface area contributed by atoms with Gasteiger partial charge in [-0.15, -0.1) is 6.58 Å². The van der Waals surface area contributed by atoms with Crippen LogP contribution in [0.2, 0.25) is 0 Å². The minimum absolute atomic E-state index is 0.0556. The highest BCUT2D eigenvalue weighted by atomic mass is 14.6. The van der Waals surface area contributed by atoms with Crippen LogP contribution in [-0.4, -0.2) is 6.04 Å². The zero-order valence-electron chi connectivity index (χ0n) is 5.38. The summed E-state index contributed by atoms with van der Waals surface area (Å²) in [6.45, 7) is 3.61. The Kier molecular flexibility index (Phi) is 1.85. The van der Waals surface area contributed by atoms with Crippen LogP contribution in [0.3, 0.4) is 0 Å². The number of hydrogen-bond donors (Lipinski definition) is 1. The van der Waals surface area contributed by atoms with Gasteiger partial charge < -0.3 is 5.73 Å². The Morgan fingerprint density at radius 1 is 1.78 bits per heavy atom. The van der Waals surface area contributed by atoms with Gasteiger partial charge in [-0.1, -0.05) is 24.3 Å². The van der Waals surface area contributed by atoms with Gasteiger partial charge in [0.05, 0.1) is 0 Å². The summed E-state index contributed by atoms with van der Waals surface area (Å²) in [6.07, 6.45) is 8.93. The molecule has 0 heterocycles. The van der Waals surface area contributed by atoms with Gasteiger partial charge in [0.15, 0.2) is 0 Å². The molecule has 0 aromatic carbocycles. The maximum absolute atomic E-state index is 5.65. The van der Waals surface area contributed by atoms with Gasteiger partial charge in [0, 0.05) is 6.04 Å². The minimum Gasteiger partial charge on any atom is -0.321 e. The summed E-state index contributed by atoms with van der Waals surface area (Å²) >= 11 is 0. The molecular weight excluding hydrogens is 110 g/mol. The summed E-state index contributed by atoms with van der Waals surface area (Å²) in [5, 5.41) is 0. The van der Waals surface area contributed by atoms with Crippen LogP contribution in [0.5, 0.6) is 0 Å². The summed E-state index contributed by atoms with van der Waals surface area (Å²) < 4.78 is 0. The molecule has 0 radical (unpaired) electrons. The van der Waals surface area contributed by atoms with Gasteiger partial charge in [-0.3, -0.25) is 0 Å². The molecule has 0 aromatic rings. The maximum Gasteiger partial charge on any atom is 0.0443 e. The van der Waals surface area contributed by atoms with Crippen molar-refractivity contribution in [3.63, 3.8) is 0 Å². The summed E-state index contributed by atoms with van der Waals surface area (Å²) in [4.78, 5) is 0. The standard InChI is InChI=1S/C8H11N/c1-2-8(9)7-5-3-4-6-7/h2-5,8H,1,6,9H2. The van der Waals surface area contributed by atoms with E-state index in [1.54, 1.807) is 6.08 Å². The van der Waals surface area contributed by atoms with E-state index in [0.717, 1.165) is 6.42 Å². The van der Waals surface area contributed by atoms with Crippen molar-refractivity contribution in [1.29, 1.82) is 0 Å². The second-order valence-corrected chi connectivity index (χ2v) is 2.14. The monoisotopic (exact) mass is 121 g/mol. The summed E-state index contributed by atoms with van der Waals surface area (Å²) in [5.74, 6) is 0. The highest BCUT2D eigenvalue weighted by Crippen LogP contribution is 2.13. The molecule has 0 saturated heterocycles. The van der Waals surface area contributed by atoms with Gasteiger partial charge >= 0.3 is 0 Å². The third-order valence-corrected chi connectivity index (χ3v) is 1.48. The van der Waals surface area contributed by atoms with Crippen molar-refractivity contribution in [2.75, 3.05) is 0 Å². The quantitative estimate of drug-likeness (QED) is 0.549. The molecule has 0 saturated carbocycles. The van der Waals surface area contributed by atoms with Gasteiger partial charge in [-0.2, -0.15) is 0 Å². The summed E-state index contributed by atoms with van der Waals surface area (Å²) in [7, 11) is 0. The SMILES string of the molecule is C=CC(N)C1=CC=CC1. The fraction of sp³-hybridized carbons (Fsp3) is 0.250. The lowest BCUT2D eigenvalue weighted by Crippen LogP contribution is -2.18.